The van der Waals surface area contributed by atoms with Gasteiger partial charge in [-0.3, -0.25) is 10.00 Å². The van der Waals surface area contributed by atoms with Gasteiger partial charge in [-0.2, -0.15) is 5.10 Å². The van der Waals surface area contributed by atoms with Crippen LogP contribution in [0.25, 0.3) is 0 Å². The maximum Gasteiger partial charge on any atom is 0.324 e. The van der Waals surface area contributed by atoms with Crippen LogP contribution in [-0.4, -0.2) is 15.8 Å². The Balaban J connectivity index is 1.65. The second kappa shape index (κ2) is 7.59. The van der Waals surface area contributed by atoms with Gasteiger partial charge in [-0.1, -0.05) is 35.3 Å². The second-order valence-corrected chi connectivity index (χ2v) is 6.42. The summed E-state index contributed by atoms with van der Waals surface area (Å²) in [7, 11) is 0. The van der Waals surface area contributed by atoms with E-state index in [0.29, 0.717) is 28.1 Å². The van der Waals surface area contributed by atoms with Crippen molar-refractivity contribution < 1.29 is 4.79 Å². The maximum atomic E-state index is 12.1. The van der Waals surface area contributed by atoms with Crippen LogP contribution in [0.15, 0.2) is 54.6 Å². The highest BCUT2D eigenvalue weighted by molar-refractivity contribution is 6.30. The highest BCUT2D eigenvalue weighted by Crippen LogP contribution is 2.16. The van der Waals surface area contributed by atoms with Gasteiger partial charge < -0.3 is 5.32 Å². The zero-order valence-corrected chi connectivity index (χ0v) is 15.0. The first kappa shape index (κ1) is 17.3. The number of hydrogen-bond donors (Lipinski definition) is 2. The number of rotatable bonds is 4. The van der Waals surface area contributed by atoms with E-state index in [1.807, 2.05) is 41.9 Å². The molecular weight excluding hydrogens is 359 g/mol. The van der Waals surface area contributed by atoms with E-state index < -0.39 is 0 Å². The number of nitrogens with one attached hydrogen (secondary N) is 2. The molecule has 0 aliphatic heterocycles. The average Bonchev–Trinajstić information content (AvgIpc) is 2.89. The molecule has 2 aromatic carbocycles. The van der Waals surface area contributed by atoms with E-state index in [0.717, 1.165) is 11.3 Å². The third kappa shape index (κ3) is 4.75. The molecule has 0 radical (unpaired) electrons. The predicted molar refractivity (Wildman–Crippen MR) is 102 cm³/mol. The minimum Gasteiger partial charge on any atom is -0.308 e. The molecule has 25 heavy (non-hydrogen) atoms. The number of anilines is 2. The zero-order valence-electron chi connectivity index (χ0n) is 13.5. The SMILES string of the molecule is Cc1cc(NC(=O)Nc2ccc(Cl)cc2)nn1Cc1cccc(Cl)c1. The predicted octanol–water partition coefficient (Wildman–Crippen LogP) is 5.19. The van der Waals surface area contributed by atoms with E-state index in [-0.39, 0.29) is 6.03 Å². The summed E-state index contributed by atoms with van der Waals surface area (Å²) in [6.45, 7) is 2.51. The molecule has 1 aromatic heterocycles. The number of aromatic nitrogens is 2. The van der Waals surface area contributed by atoms with Gasteiger partial charge in [0.1, 0.15) is 0 Å². The largest absolute Gasteiger partial charge is 0.324 e. The lowest BCUT2D eigenvalue weighted by Crippen LogP contribution is -2.19. The number of amides is 2. The topological polar surface area (TPSA) is 59.0 Å². The molecule has 0 fully saturated rings. The number of carbonyl (C=O) groups is 1. The summed E-state index contributed by atoms with van der Waals surface area (Å²) in [5.74, 6) is 0.478. The molecule has 5 nitrogen and oxygen atoms in total. The summed E-state index contributed by atoms with van der Waals surface area (Å²) in [5, 5.41) is 11.2. The normalized spacial score (nSPS) is 10.5. The van der Waals surface area contributed by atoms with Gasteiger partial charge in [0.2, 0.25) is 0 Å². The lowest BCUT2D eigenvalue weighted by molar-refractivity contribution is 0.262. The molecule has 0 unspecified atom stereocenters. The molecule has 128 valence electrons. The van der Waals surface area contributed by atoms with Crippen molar-refractivity contribution in [3.05, 3.63) is 75.9 Å². The molecular formula is C18H16Cl2N4O. The Morgan fingerprint density at radius 1 is 1.04 bits per heavy atom. The summed E-state index contributed by atoms with van der Waals surface area (Å²) >= 11 is 11.8. The fourth-order valence-corrected chi connectivity index (χ4v) is 2.69. The van der Waals surface area contributed by atoms with Crippen LogP contribution in [-0.2, 0) is 6.54 Å². The van der Waals surface area contributed by atoms with Crippen LogP contribution < -0.4 is 10.6 Å². The molecule has 7 heteroatoms. The highest BCUT2D eigenvalue weighted by atomic mass is 35.5. The van der Waals surface area contributed by atoms with Crippen molar-refractivity contribution in [2.75, 3.05) is 10.6 Å². The molecule has 2 N–H and O–H groups in total. The summed E-state index contributed by atoms with van der Waals surface area (Å²) in [5.41, 5.74) is 2.62. The van der Waals surface area contributed by atoms with E-state index in [2.05, 4.69) is 15.7 Å². The van der Waals surface area contributed by atoms with E-state index in [9.17, 15) is 4.79 Å². The number of aryl methyl sites for hydroxylation is 1. The molecule has 0 saturated carbocycles. The van der Waals surface area contributed by atoms with E-state index >= 15 is 0 Å². The first-order valence-corrected chi connectivity index (χ1v) is 8.38. The quantitative estimate of drug-likeness (QED) is 0.659. The molecule has 0 bridgehead atoms. The second-order valence-electron chi connectivity index (χ2n) is 5.54. The Hall–Kier alpha value is -2.50. The van der Waals surface area contributed by atoms with Gasteiger partial charge in [-0.05, 0) is 48.9 Å². The Morgan fingerprint density at radius 2 is 1.80 bits per heavy atom. The van der Waals surface area contributed by atoms with Crippen molar-refractivity contribution in [3.8, 4) is 0 Å². The van der Waals surface area contributed by atoms with Gasteiger partial charge >= 0.3 is 6.03 Å². The van der Waals surface area contributed by atoms with Crippen LogP contribution in [0.1, 0.15) is 11.3 Å². The van der Waals surface area contributed by atoms with Crippen molar-refractivity contribution >= 4 is 40.7 Å². The standard InChI is InChI=1S/C18H16Cl2N4O/c1-12-9-17(22-18(25)21-16-7-5-14(19)6-8-16)23-24(12)11-13-3-2-4-15(20)10-13/h2-10H,11H2,1H3,(H2,21,22,23,25). The van der Waals surface area contributed by atoms with E-state index in [4.69, 9.17) is 23.2 Å². The smallest absolute Gasteiger partial charge is 0.308 e. The van der Waals surface area contributed by atoms with E-state index in [1.165, 1.54) is 0 Å². The van der Waals surface area contributed by atoms with Crippen molar-refractivity contribution in [2.24, 2.45) is 0 Å². The van der Waals surface area contributed by atoms with Gasteiger partial charge in [0.05, 0.1) is 6.54 Å². The molecule has 0 aliphatic rings. The van der Waals surface area contributed by atoms with Gasteiger partial charge in [0, 0.05) is 27.5 Å². The van der Waals surface area contributed by atoms with Crippen molar-refractivity contribution in [1.82, 2.24) is 9.78 Å². The van der Waals surface area contributed by atoms with Crippen LogP contribution in [0, 0.1) is 6.92 Å². The molecule has 0 atom stereocenters. The Kier molecular flexibility index (Phi) is 5.26. The first-order chi connectivity index (χ1) is 12.0. The fourth-order valence-electron chi connectivity index (χ4n) is 2.35. The summed E-state index contributed by atoms with van der Waals surface area (Å²) in [6, 6.07) is 15.9. The van der Waals surface area contributed by atoms with E-state index in [1.54, 1.807) is 24.3 Å². The summed E-state index contributed by atoms with van der Waals surface area (Å²) in [4.78, 5) is 12.1. The monoisotopic (exact) mass is 374 g/mol. The Morgan fingerprint density at radius 3 is 2.52 bits per heavy atom. The molecule has 2 amide bonds. The Labute approximate surface area is 155 Å². The number of nitrogens with zero attached hydrogens (tertiary/aromatic N) is 2. The minimum absolute atomic E-state index is 0.366. The van der Waals surface area contributed by atoms with Crippen molar-refractivity contribution in [1.29, 1.82) is 0 Å². The van der Waals surface area contributed by atoms with Crippen molar-refractivity contribution in [3.63, 3.8) is 0 Å². The minimum atomic E-state index is -0.366. The highest BCUT2D eigenvalue weighted by Gasteiger charge is 2.09. The summed E-state index contributed by atoms with van der Waals surface area (Å²) in [6.07, 6.45) is 0. The Bertz CT molecular complexity index is 890. The van der Waals surface area contributed by atoms with Crippen LogP contribution in [0.3, 0.4) is 0 Å². The average molecular weight is 375 g/mol. The third-order valence-corrected chi connectivity index (χ3v) is 4.03. The molecule has 1 heterocycles. The van der Waals surface area contributed by atoms with Crippen LogP contribution >= 0.6 is 23.2 Å². The van der Waals surface area contributed by atoms with Crippen LogP contribution in [0.2, 0.25) is 10.0 Å². The van der Waals surface area contributed by atoms with Gasteiger partial charge in [0.15, 0.2) is 5.82 Å². The number of benzene rings is 2. The number of urea groups is 1. The number of hydrogen-bond acceptors (Lipinski definition) is 2. The fraction of sp³-hybridized carbons (Fsp3) is 0.111. The van der Waals surface area contributed by atoms with Gasteiger partial charge in [0.25, 0.3) is 0 Å². The zero-order chi connectivity index (χ0) is 17.8. The number of halogens is 2. The van der Waals surface area contributed by atoms with Crippen molar-refractivity contribution in [2.45, 2.75) is 13.5 Å². The lowest BCUT2D eigenvalue weighted by atomic mass is 10.2. The third-order valence-electron chi connectivity index (χ3n) is 3.55. The van der Waals surface area contributed by atoms with Crippen LogP contribution in [0.4, 0.5) is 16.3 Å². The lowest BCUT2D eigenvalue weighted by Gasteiger charge is -2.06. The molecule has 3 aromatic rings. The summed E-state index contributed by atoms with van der Waals surface area (Å²) < 4.78 is 1.81. The first-order valence-electron chi connectivity index (χ1n) is 7.62. The van der Waals surface area contributed by atoms with Crippen LogP contribution in [0.5, 0.6) is 0 Å². The number of carbonyl (C=O) groups excluding carboxylic acids is 1. The molecule has 0 aliphatic carbocycles. The molecule has 0 saturated heterocycles. The van der Waals surface area contributed by atoms with Gasteiger partial charge in [-0.25, -0.2) is 4.79 Å². The van der Waals surface area contributed by atoms with Gasteiger partial charge in [-0.15, -0.1) is 0 Å². The maximum absolute atomic E-state index is 12.1. The molecule has 3 rings (SSSR count). The molecule has 0 spiro atoms.